The van der Waals surface area contributed by atoms with E-state index >= 15 is 0 Å². The quantitative estimate of drug-likeness (QED) is 0.441. The Balaban J connectivity index is 1.50. The van der Waals surface area contributed by atoms with Gasteiger partial charge >= 0.3 is 0 Å². The highest BCUT2D eigenvalue weighted by Crippen LogP contribution is 2.24. The molecule has 0 atom stereocenters. The van der Waals surface area contributed by atoms with Gasteiger partial charge in [-0.1, -0.05) is 48.5 Å². The van der Waals surface area contributed by atoms with E-state index in [4.69, 9.17) is 4.42 Å². The minimum Gasteiger partial charge on any atom is -0.448 e. The van der Waals surface area contributed by atoms with Crippen molar-refractivity contribution in [2.24, 2.45) is 0 Å². The zero-order valence-electron chi connectivity index (χ0n) is 16.5. The Bertz CT molecular complexity index is 1430. The molecule has 0 radical (unpaired) electrons. The van der Waals surface area contributed by atoms with Gasteiger partial charge in [0.25, 0.3) is 5.56 Å². The molecule has 31 heavy (non-hydrogen) atoms. The lowest BCUT2D eigenvalue weighted by Crippen LogP contribution is -2.36. The van der Waals surface area contributed by atoms with E-state index in [1.807, 2.05) is 54.6 Å². The van der Waals surface area contributed by atoms with Crippen LogP contribution in [0.4, 0.5) is 5.82 Å². The molecule has 7 nitrogen and oxygen atoms in total. The van der Waals surface area contributed by atoms with Gasteiger partial charge in [0.1, 0.15) is 23.5 Å². The molecule has 0 unspecified atom stereocenters. The highest BCUT2D eigenvalue weighted by atomic mass is 16.3. The van der Waals surface area contributed by atoms with Crippen molar-refractivity contribution < 1.29 is 9.21 Å². The van der Waals surface area contributed by atoms with Crippen molar-refractivity contribution in [1.82, 2.24) is 14.5 Å². The Labute approximate surface area is 177 Å². The molecule has 3 aromatic heterocycles. The van der Waals surface area contributed by atoms with Gasteiger partial charge in [-0.25, -0.2) is 9.97 Å². The third kappa shape index (κ3) is 3.57. The van der Waals surface area contributed by atoms with Crippen molar-refractivity contribution in [3.05, 3.63) is 101 Å². The number of benzene rings is 2. The van der Waals surface area contributed by atoms with Gasteiger partial charge in [0, 0.05) is 11.6 Å². The number of rotatable bonds is 5. The van der Waals surface area contributed by atoms with Gasteiger partial charge in [-0.3, -0.25) is 19.1 Å². The molecule has 0 aliphatic heterocycles. The lowest BCUT2D eigenvalue weighted by atomic mass is 10.2. The molecule has 1 amide bonds. The predicted molar refractivity (Wildman–Crippen MR) is 118 cm³/mol. The van der Waals surface area contributed by atoms with E-state index in [0.717, 1.165) is 10.9 Å². The van der Waals surface area contributed by atoms with E-state index in [2.05, 4.69) is 9.97 Å². The second-order valence-electron chi connectivity index (χ2n) is 7.11. The van der Waals surface area contributed by atoms with Crippen LogP contribution in [-0.2, 0) is 17.9 Å². The van der Waals surface area contributed by atoms with Gasteiger partial charge in [0.05, 0.1) is 12.9 Å². The smallest absolute Gasteiger partial charge is 0.297 e. The summed E-state index contributed by atoms with van der Waals surface area (Å²) < 4.78 is 6.98. The number of para-hydroxylation sites is 1. The van der Waals surface area contributed by atoms with Crippen molar-refractivity contribution in [3.63, 3.8) is 0 Å². The molecular formula is C24H18N4O3. The van der Waals surface area contributed by atoms with Gasteiger partial charge in [-0.2, -0.15) is 0 Å². The summed E-state index contributed by atoms with van der Waals surface area (Å²) in [6.07, 6.45) is 3.03. The number of fused-ring (bicyclic) bond motifs is 3. The predicted octanol–water partition coefficient (Wildman–Crippen LogP) is 3.77. The summed E-state index contributed by atoms with van der Waals surface area (Å²) in [6.45, 7) is 0.161. The van der Waals surface area contributed by atoms with Crippen LogP contribution in [0, 0.1) is 0 Å². The van der Waals surface area contributed by atoms with Crippen LogP contribution < -0.4 is 10.5 Å². The van der Waals surface area contributed by atoms with E-state index < -0.39 is 5.56 Å². The molecule has 0 aliphatic rings. The Kier molecular flexibility index (Phi) is 4.76. The Hall–Kier alpha value is -4.26. The minimum absolute atomic E-state index is 0.143. The zero-order valence-corrected chi connectivity index (χ0v) is 16.5. The number of carbonyl (C=O) groups excluding carboxylic acids is 1. The number of amides is 1. The highest BCUT2D eigenvalue weighted by molar-refractivity contribution is 6.01. The summed E-state index contributed by atoms with van der Waals surface area (Å²) in [4.78, 5) is 36.5. The third-order valence-electron chi connectivity index (χ3n) is 5.07. The molecule has 7 heteroatoms. The maximum Gasteiger partial charge on any atom is 0.297 e. The second kappa shape index (κ2) is 7.87. The molecular weight excluding hydrogens is 392 g/mol. The Morgan fingerprint density at radius 3 is 2.52 bits per heavy atom. The average Bonchev–Trinajstić information content (AvgIpc) is 3.20. The van der Waals surface area contributed by atoms with E-state index in [0.29, 0.717) is 23.5 Å². The minimum atomic E-state index is -0.393. The standard InChI is InChI=1S/C24H18N4O3/c29-21(28(20-12-6-7-13-25-20)14-17-8-2-1-3-9-17)15-27-16-26-22-18-10-4-5-11-19(18)31-23(22)24(27)30/h1-13,16H,14-15H2. The SMILES string of the molecule is O=C(Cn1cnc2c(oc3ccccc32)c1=O)N(Cc1ccccc1)c1ccccn1. The fourth-order valence-corrected chi connectivity index (χ4v) is 3.54. The van der Waals surface area contributed by atoms with E-state index in [-0.39, 0.29) is 18.0 Å². The first kappa shape index (κ1) is 18.7. The first-order valence-corrected chi connectivity index (χ1v) is 9.83. The summed E-state index contributed by atoms with van der Waals surface area (Å²) >= 11 is 0. The molecule has 0 aliphatic carbocycles. The van der Waals surface area contributed by atoms with Gasteiger partial charge in [0.15, 0.2) is 0 Å². The number of hydrogen-bond donors (Lipinski definition) is 0. The number of pyridine rings is 1. The van der Waals surface area contributed by atoms with E-state index in [9.17, 15) is 9.59 Å². The maximum atomic E-state index is 13.2. The Morgan fingerprint density at radius 2 is 1.71 bits per heavy atom. The van der Waals surface area contributed by atoms with Crippen LogP contribution >= 0.6 is 0 Å². The fraction of sp³-hybridized carbons (Fsp3) is 0.0833. The first-order valence-electron chi connectivity index (χ1n) is 9.83. The van der Waals surface area contributed by atoms with Gasteiger partial charge < -0.3 is 4.42 Å². The van der Waals surface area contributed by atoms with Crippen LogP contribution in [0.15, 0.2) is 94.5 Å². The Morgan fingerprint density at radius 1 is 0.935 bits per heavy atom. The first-order chi connectivity index (χ1) is 15.2. The lowest BCUT2D eigenvalue weighted by Gasteiger charge is -2.22. The van der Waals surface area contributed by atoms with Crippen molar-refractivity contribution in [3.8, 4) is 0 Å². The molecule has 3 heterocycles. The maximum absolute atomic E-state index is 13.2. The average molecular weight is 410 g/mol. The summed E-state index contributed by atoms with van der Waals surface area (Å²) in [5.74, 6) is 0.240. The highest BCUT2D eigenvalue weighted by Gasteiger charge is 2.20. The number of nitrogens with zero attached hydrogens (tertiary/aromatic N) is 4. The van der Waals surface area contributed by atoms with Crippen LogP contribution in [0.2, 0.25) is 0 Å². The van der Waals surface area contributed by atoms with Crippen molar-refractivity contribution in [2.45, 2.75) is 13.1 Å². The number of anilines is 1. The zero-order chi connectivity index (χ0) is 21.2. The van der Waals surface area contributed by atoms with Crippen LogP contribution in [0.5, 0.6) is 0 Å². The van der Waals surface area contributed by atoms with Gasteiger partial charge in [-0.15, -0.1) is 0 Å². The summed E-state index contributed by atoms with van der Waals surface area (Å²) in [5, 5.41) is 0.771. The van der Waals surface area contributed by atoms with Gasteiger partial charge in [-0.05, 0) is 29.8 Å². The van der Waals surface area contributed by atoms with Crippen LogP contribution in [0.25, 0.3) is 22.1 Å². The number of hydrogen-bond acceptors (Lipinski definition) is 5. The number of carbonyl (C=O) groups is 1. The molecule has 0 saturated heterocycles. The molecule has 2 aromatic carbocycles. The molecule has 0 saturated carbocycles. The second-order valence-corrected chi connectivity index (χ2v) is 7.11. The number of aromatic nitrogens is 3. The molecule has 0 bridgehead atoms. The van der Waals surface area contributed by atoms with Crippen molar-refractivity contribution >= 4 is 33.8 Å². The van der Waals surface area contributed by atoms with Crippen LogP contribution in [0.3, 0.4) is 0 Å². The van der Waals surface area contributed by atoms with Gasteiger partial charge in [0.2, 0.25) is 11.5 Å². The molecule has 5 rings (SSSR count). The topological polar surface area (TPSA) is 81.2 Å². The monoisotopic (exact) mass is 410 g/mol. The molecule has 5 aromatic rings. The summed E-state index contributed by atoms with van der Waals surface area (Å²) in [7, 11) is 0. The fourth-order valence-electron chi connectivity index (χ4n) is 3.54. The normalized spacial score (nSPS) is 11.1. The van der Waals surface area contributed by atoms with Crippen molar-refractivity contribution in [1.29, 1.82) is 0 Å². The van der Waals surface area contributed by atoms with E-state index in [1.54, 1.807) is 29.3 Å². The van der Waals surface area contributed by atoms with Crippen LogP contribution in [-0.4, -0.2) is 20.4 Å². The molecule has 0 N–H and O–H groups in total. The number of furan rings is 1. The summed E-state index contributed by atoms with van der Waals surface area (Å²) in [5.41, 5.74) is 1.79. The van der Waals surface area contributed by atoms with E-state index in [1.165, 1.54) is 10.9 Å². The summed E-state index contributed by atoms with van der Waals surface area (Å²) in [6, 6.07) is 22.4. The molecule has 0 fully saturated rings. The van der Waals surface area contributed by atoms with Crippen LogP contribution in [0.1, 0.15) is 5.56 Å². The largest absolute Gasteiger partial charge is 0.448 e. The molecule has 152 valence electrons. The lowest BCUT2D eigenvalue weighted by molar-refractivity contribution is -0.119. The molecule has 0 spiro atoms. The van der Waals surface area contributed by atoms with Crippen molar-refractivity contribution in [2.75, 3.05) is 4.90 Å². The third-order valence-corrected chi connectivity index (χ3v) is 5.07.